The summed E-state index contributed by atoms with van der Waals surface area (Å²) < 4.78 is 7.09. The topological polar surface area (TPSA) is 68.2 Å². The largest absolute Gasteiger partial charge is 0.444 e. The smallest absolute Gasteiger partial charge is 0.407 e. The number of aromatic nitrogens is 2. The third kappa shape index (κ3) is 5.38. The molecular formula is C15H26N4O2. The predicted octanol–water partition coefficient (Wildman–Crippen LogP) is 1.96. The Labute approximate surface area is 126 Å². The number of aryl methyl sites for hydroxylation is 1. The molecule has 1 amide bonds. The summed E-state index contributed by atoms with van der Waals surface area (Å²) in [7, 11) is 1.92. The fourth-order valence-corrected chi connectivity index (χ4v) is 2.58. The zero-order chi connectivity index (χ0) is 15.5. The van der Waals surface area contributed by atoms with Crippen molar-refractivity contribution in [2.45, 2.75) is 64.3 Å². The first kappa shape index (κ1) is 15.8. The Kier molecular flexibility index (Phi) is 4.88. The average Bonchev–Trinajstić information content (AvgIpc) is 2.93. The second-order valence-electron chi connectivity index (χ2n) is 6.71. The maximum absolute atomic E-state index is 11.7. The van der Waals surface area contributed by atoms with Crippen LogP contribution in [0.1, 0.15) is 45.7 Å². The van der Waals surface area contributed by atoms with Gasteiger partial charge in [0, 0.05) is 31.9 Å². The van der Waals surface area contributed by atoms with Gasteiger partial charge in [0.2, 0.25) is 0 Å². The van der Waals surface area contributed by atoms with E-state index >= 15 is 0 Å². The van der Waals surface area contributed by atoms with Gasteiger partial charge in [-0.3, -0.25) is 4.68 Å². The first-order valence-corrected chi connectivity index (χ1v) is 7.53. The summed E-state index contributed by atoms with van der Waals surface area (Å²) in [4.78, 5) is 11.7. The van der Waals surface area contributed by atoms with Gasteiger partial charge < -0.3 is 15.4 Å². The molecule has 2 unspecified atom stereocenters. The Hall–Kier alpha value is -1.56. The van der Waals surface area contributed by atoms with Crippen molar-refractivity contribution < 1.29 is 9.53 Å². The maximum Gasteiger partial charge on any atom is 0.407 e. The number of nitrogens with one attached hydrogen (secondary N) is 2. The lowest BCUT2D eigenvalue weighted by Gasteiger charge is -2.21. The third-order valence-corrected chi connectivity index (χ3v) is 3.49. The van der Waals surface area contributed by atoms with E-state index in [4.69, 9.17) is 4.74 Å². The van der Waals surface area contributed by atoms with Crippen molar-refractivity contribution in [2.75, 3.05) is 0 Å². The second-order valence-corrected chi connectivity index (χ2v) is 6.71. The fraction of sp³-hybridized carbons (Fsp3) is 0.733. The van der Waals surface area contributed by atoms with Crippen LogP contribution >= 0.6 is 0 Å². The Morgan fingerprint density at radius 1 is 1.43 bits per heavy atom. The number of rotatable bonds is 4. The number of nitrogens with zero attached hydrogens (tertiary/aromatic N) is 2. The lowest BCUT2D eigenvalue weighted by molar-refractivity contribution is 0.0505. The molecule has 1 aliphatic rings. The lowest BCUT2D eigenvalue weighted by Crippen LogP contribution is -2.39. The number of amides is 1. The number of alkyl carbamates (subject to hydrolysis) is 1. The van der Waals surface area contributed by atoms with Gasteiger partial charge in [0.1, 0.15) is 5.60 Å². The first-order chi connectivity index (χ1) is 9.82. The minimum atomic E-state index is -0.445. The number of hydrogen-bond donors (Lipinski definition) is 2. The van der Waals surface area contributed by atoms with Gasteiger partial charge in [-0.15, -0.1) is 0 Å². The lowest BCUT2D eigenvalue weighted by atomic mass is 10.2. The van der Waals surface area contributed by atoms with Crippen molar-refractivity contribution >= 4 is 6.09 Å². The molecule has 0 spiro atoms. The second kappa shape index (κ2) is 6.47. The summed E-state index contributed by atoms with van der Waals surface area (Å²) in [6.07, 6.45) is 4.61. The molecule has 118 valence electrons. The molecule has 6 nitrogen and oxygen atoms in total. The van der Waals surface area contributed by atoms with Gasteiger partial charge >= 0.3 is 6.09 Å². The van der Waals surface area contributed by atoms with Crippen LogP contribution in [0.15, 0.2) is 12.3 Å². The van der Waals surface area contributed by atoms with E-state index in [1.807, 2.05) is 40.1 Å². The quantitative estimate of drug-likeness (QED) is 0.890. The number of ether oxygens (including phenoxy) is 1. The molecule has 6 heteroatoms. The molecular weight excluding hydrogens is 268 g/mol. The Morgan fingerprint density at radius 3 is 2.76 bits per heavy atom. The maximum atomic E-state index is 11.7. The summed E-state index contributed by atoms with van der Waals surface area (Å²) in [6, 6.07) is 2.63. The first-order valence-electron chi connectivity index (χ1n) is 7.53. The standard InChI is InChI=1S/C15H26N4O2/c1-15(2,3)21-14(20)17-12-6-5-11(9-12)16-10-13-7-8-19(4)18-13/h7-8,11-12,16H,5-6,9-10H2,1-4H3,(H,17,20). The van der Waals surface area contributed by atoms with E-state index in [-0.39, 0.29) is 12.1 Å². The molecule has 2 rings (SSSR count). The minimum absolute atomic E-state index is 0.195. The summed E-state index contributed by atoms with van der Waals surface area (Å²) in [6.45, 7) is 6.39. The molecule has 1 aromatic heterocycles. The zero-order valence-electron chi connectivity index (χ0n) is 13.3. The van der Waals surface area contributed by atoms with Gasteiger partial charge in [-0.2, -0.15) is 5.10 Å². The van der Waals surface area contributed by atoms with E-state index in [0.29, 0.717) is 6.04 Å². The van der Waals surface area contributed by atoms with Gasteiger partial charge in [-0.25, -0.2) is 4.79 Å². The van der Waals surface area contributed by atoms with Crippen molar-refractivity contribution in [3.8, 4) is 0 Å². The minimum Gasteiger partial charge on any atom is -0.444 e. The molecule has 1 heterocycles. The van der Waals surface area contributed by atoms with Crippen LogP contribution in [-0.4, -0.2) is 33.6 Å². The third-order valence-electron chi connectivity index (χ3n) is 3.49. The number of carbonyl (C=O) groups is 1. The van der Waals surface area contributed by atoms with Crippen LogP contribution in [0.2, 0.25) is 0 Å². The highest BCUT2D eigenvalue weighted by Crippen LogP contribution is 2.20. The van der Waals surface area contributed by atoms with Crippen molar-refractivity contribution in [3.63, 3.8) is 0 Å². The molecule has 0 saturated heterocycles. The van der Waals surface area contributed by atoms with Crippen LogP contribution in [0.3, 0.4) is 0 Å². The Morgan fingerprint density at radius 2 is 2.14 bits per heavy atom. The van der Waals surface area contributed by atoms with Crippen LogP contribution < -0.4 is 10.6 Å². The molecule has 0 aromatic carbocycles. The Balaban J connectivity index is 1.70. The zero-order valence-corrected chi connectivity index (χ0v) is 13.3. The summed E-state index contributed by atoms with van der Waals surface area (Å²) in [5.41, 5.74) is 0.598. The van der Waals surface area contributed by atoms with E-state index in [9.17, 15) is 4.79 Å². The molecule has 0 aliphatic heterocycles. The Bertz CT molecular complexity index is 478. The molecule has 21 heavy (non-hydrogen) atoms. The normalized spacial score (nSPS) is 22.3. The molecule has 1 fully saturated rings. The van der Waals surface area contributed by atoms with E-state index < -0.39 is 5.60 Å². The SMILES string of the molecule is Cn1ccc(CNC2CCC(NC(=O)OC(C)(C)C)C2)n1. The van der Waals surface area contributed by atoms with E-state index in [1.54, 1.807) is 4.68 Å². The summed E-state index contributed by atoms with van der Waals surface area (Å²) >= 11 is 0. The molecule has 1 aliphatic carbocycles. The van der Waals surface area contributed by atoms with E-state index in [1.165, 1.54) is 0 Å². The molecule has 0 bridgehead atoms. The van der Waals surface area contributed by atoms with Crippen LogP contribution in [0, 0.1) is 0 Å². The molecule has 2 atom stereocenters. The van der Waals surface area contributed by atoms with E-state index in [0.717, 1.165) is 31.5 Å². The highest BCUT2D eigenvalue weighted by atomic mass is 16.6. The highest BCUT2D eigenvalue weighted by Gasteiger charge is 2.27. The summed E-state index contributed by atoms with van der Waals surface area (Å²) in [5.74, 6) is 0. The fourth-order valence-electron chi connectivity index (χ4n) is 2.58. The van der Waals surface area contributed by atoms with Gasteiger partial charge in [0.15, 0.2) is 0 Å². The van der Waals surface area contributed by atoms with Gasteiger partial charge in [-0.05, 0) is 46.1 Å². The molecule has 1 aromatic rings. The summed E-state index contributed by atoms with van der Waals surface area (Å²) in [5, 5.41) is 10.8. The van der Waals surface area contributed by atoms with Crippen LogP contribution in [-0.2, 0) is 18.3 Å². The van der Waals surface area contributed by atoms with Crippen molar-refractivity contribution in [3.05, 3.63) is 18.0 Å². The molecule has 2 N–H and O–H groups in total. The van der Waals surface area contributed by atoms with Crippen LogP contribution in [0.25, 0.3) is 0 Å². The number of carbonyl (C=O) groups excluding carboxylic acids is 1. The van der Waals surface area contributed by atoms with Gasteiger partial charge in [0.25, 0.3) is 0 Å². The van der Waals surface area contributed by atoms with Crippen molar-refractivity contribution in [2.24, 2.45) is 7.05 Å². The molecule has 0 radical (unpaired) electrons. The van der Waals surface area contributed by atoms with Crippen LogP contribution in [0.5, 0.6) is 0 Å². The molecule has 1 saturated carbocycles. The van der Waals surface area contributed by atoms with E-state index in [2.05, 4.69) is 15.7 Å². The monoisotopic (exact) mass is 294 g/mol. The van der Waals surface area contributed by atoms with Gasteiger partial charge in [-0.1, -0.05) is 0 Å². The highest BCUT2D eigenvalue weighted by molar-refractivity contribution is 5.68. The van der Waals surface area contributed by atoms with Crippen molar-refractivity contribution in [1.82, 2.24) is 20.4 Å². The number of hydrogen-bond acceptors (Lipinski definition) is 4. The van der Waals surface area contributed by atoms with Crippen LogP contribution in [0.4, 0.5) is 4.79 Å². The predicted molar refractivity (Wildman–Crippen MR) is 80.8 cm³/mol. The van der Waals surface area contributed by atoms with Crippen molar-refractivity contribution in [1.29, 1.82) is 0 Å². The van der Waals surface area contributed by atoms with Gasteiger partial charge in [0.05, 0.1) is 5.69 Å². The average molecular weight is 294 g/mol.